The molecule has 0 unspecified atom stereocenters. The smallest absolute Gasteiger partial charge is 0.143 e. The van der Waals surface area contributed by atoms with E-state index in [1.165, 1.54) is 61.2 Å². The van der Waals surface area contributed by atoms with Gasteiger partial charge < -0.3 is 5.32 Å². The molecule has 0 amide bonds. The van der Waals surface area contributed by atoms with Crippen molar-refractivity contribution in [1.82, 2.24) is 14.9 Å². The fraction of sp³-hybridized carbons (Fsp3) is 0.0465. The van der Waals surface area contributed by atoms with Gasteiger partial charge in [-0.15, -0.1) is 0 Å². The van der Waals surface area contributed by atoms with Gasteiger partial charge in [-0.2, -0.15) is 0 Å². The summed E-state index contributed by atoms with van der Waals surface area (Å²) < 4.78 is 2.28. The lowest BCUT2D eigenvalue weighted by molar-refractivity contribution is 0.794. The van der Waals surface area contributed by atoms with Gasteiger partial charge in [0.15, 0.2) is 0 Å². The molecule has 3 heteroatoms. The first-order chi connectivity index (χ1) is 22.8. The summed E-state index contributed by atoms with van der Waals surface area (Å²) >= 11 is 0. The summed E-state index contributed by atoms with van der Waals surface area (Å²) in [5, 5.41) is 3.34. The van der Waals surface area contributed by atoms with Crippen LogP contribution < -0.4 is 5.32 Å². The first-order valence-corrected chi connectivity index (χ1v) is 15.9. The van der Waals surface area contributed by atoms with Crippen LogP contribution >= 0.6 is 0 Å². The number of hydrogen-bond acceptors (Lipinski definition) is 2. The van der Waals surface area contributed by atoms with E-state index in [4.69, 9.17) is 4.98 Å². The van der Waals surface area contributed by atoms with E-state index in [1.807, 2.05) is 12.3 Å². The minimum absolute atomic E-state index is 0.337. The van der Waals surface area contributed by atoms with E-state index in [-0.39, 0.29) is 5.41 Å². The summed E-state index contributed by atoms with van der Waals surface area (Å²) in [7, 11) is 0. The summed E-state index contributed by atoms with van der Waals surface area (Å²) in [5.74, 6) is 0.974. The normalized spacial score (nSPS) is 14.8. The maximum Gasteiger partial charge on any atom is 0.143 e. The number of fused-ring (bicyclic) bond motifs is 11. The zero-order valence-electron chi connectivity index (χ0n) is 25.1. The molecule has 7 aromatic rings. The average Bonchev–Trinajstić information content (AvgIpc) is 3.76. The quantitative estimate of drug-likeness (QED) is 0.223. The van der Waals surface area contributed by atoms with Crippen LogP contribution in [0.3, 0.4) is 0 Å². The highest BCUT2D eigenvalue weighted by Crippen LogP contribution is 2.62. The molecule has 0 radical (unpaired) electrons. The maximum atomic E-state index is 5.05. The van der Waals surface area contributed by atoms with Crippen LogP contribution in [0.1, 0.15) is 28.1 Å². The van der Waals surface area contributed by atoms with Crippen molar-refractivity contribution in [3.63, 3.8) is 0 Å². The van der Waals surface area contributed by atoms with E-state index >= 15 is 0 Å². The first-order valence-electron chi connectivity index (χ1n) is 15.9. The SMILES string of the molecule is C1=CNCC(c2nc3ccccc3n2-c2ccc(-c3ccc4c(c3)C3(c5ccccc5-c5ccccc53)c3ccccc3-4)cc2)=C1. The second-order valence-electron chi connectivity index (χ2n) is 12.4. The molecule has 3 nitrogen and oxygen atoms in total. The number of para-hydroxylation sites is 2. The number of hydrogen-bond donors (Lipinski definition) is 1. The van der Waals surface area contributed by atoms with Crippen LogP contribution in [-0.2, 0) is 5.41 Å². The molecule has 1 aromatic heterocycles. The van der Waals surface area contributed by atoms with Gasteiger partial charge in [0.2, 0.25) is 0 Å². The van der Waals surface area contributed by atoms with Gasteiger partial charge in [0.05, 0.1) is 16.4 Å². The van der Waals surface area contributed by atoms with Gasteiger partial charge in [-0.3, -0.25) is 4.57 Å². The molecular weight excluding hydrogens is 558 g/mol. The highest BCUT2D eigenvalue weighted by molar-refractivity contribution is 5.96. The third kappa shape index (κ3) is 3.34. The van der Waals surface area contributed by atoms with E-state index < -0.39 is 0 Å². The molecule has 2 heterocycles. The van der Waals surface area contributed by atoms with E-state index in [2.05, 4.69) is 155 Å². The van der Waals surface area contributed by atoms with Crippen molar-refractivity contribution in [1.29, 1.82) is 0 Å². The molecule has 1 N–H and O–H groups in total. The van der Waals surface area contributed by atoms with Crippen LogP contribution in [0.25, 0.3) is 55.7 Å². The number of aromatic nitrogens is 2. The second kappa shape index (κ2) is 9.53. The predicted octanol–water partition coefficient (Wildman–Crippen LogP) is 9.54. The Morgan fingerprint density at radius 3 is 1.80 bits per heavy atom. The van der Waals surface area contributed by atoms with Crippen LogP contribution in [0.15, 0.2) is 158 Å². The minimum atomic E-state index is -0.337. The van der Waals surface area contributed by atoms with Crippen molar-refractivity contribution in [3.05, 3.63) is 186 Å². The Morgan fingerprint density at radius 2 is 1.15 bits per heavy atom. The Hall–Kier alpha value is -5.93. The van der Waals surface area contributed by atoms with Gasteiger partial charge in [0, 0.05) is 17.8 Å². The molecule has 1 aliphatic heterocycles. The lowest BCUT2D eigenvalue weighted by Gasteiger charge is -2.30. The number of nitrogens with zero attached hydrogens (tertiary/aromatic N) is 2. The molecule has 0 bridgehead atoms. The van der Waals surface area contributed by atoms with Crippen LogP contribution in [0, 0.1) is 0 Å². The predicted molar refractivity (Wildman–Crippen MR) is 188 cm³/mol. The summed E-state index contributed by atoms with van der Waals surface area (Å²) in [6, 6.07) is 51.4. The van der Waals surface area contributed by atoms with E-state index in [0.717, 1.165) is 29.1 Å². The van der Waals surface area contributed by atoms with Gasteiger partial charge in [-0.25, -0.2) is 4.98 Å². The van der Waals surface area contributed by atoms with Gasteiger partial charge in [-0.1, -0.05) is 115 Å². The summed E-state index contributed by atoms with van der Waals surface area (Å²) in [5.41, 5.74) is 17.2. The number of nitrogens with one attached hydrogen (secondary N) is 1. The fourth-order valence-electron chi connectivity index (χ4n) is 8.19. The van der Waals surface area contributed by atoms with Crippen LogP contribution in [0.2, 0.25) is 0 Å². The number of benzene rings is 6. The van der Waals surface area contributed by atoms with Crippen LogP contribution in [0.4, 0.5) is 0 Å². The molecule has 1 spiro atoms. The largest absolute Gasteiger partial charge is 0.387 e. The maximum absolute atomic E-state index is 5.05. The summed E-state index contributed by atoms with van der Waals surface area (Å²) in [4.78, 5) is 5.05. The lowest BCUT2D eigenvalue weighted by atomic mass is 9.70. The Morgan fingerprint density at radius 1 is 0.565 bits per heavy atom. The van der Waals surface area contributed by atoms with E-state index in [0.29, 0.717) is 0 Å². The van der Waals surface area contributed by atoms with Crippen LogP contribution in [-0.4, -0.2) is 16.1 Å². The monoisotopic (exact) mass is 587 g/mol. The number of dihydropyridines is 1. The zero-order valence-corrected chi connectivity index (χ0v) is 25.1. The Kier molecular flexibility index (Phi) is 5.26. The van der Waals surface area contributed by atoms with E-state index in [1.54, 1.807) is 0 Å². The van der Waals surface area contributed by atoms with Crippen molar-refractivity contribution >= 4 is 16.6 Å². The Labute approximate surface area is 267 Å². The molecule has 0 atom stereocenters. The van der Waals surface area contributed by atoms with Crippen molar-refractivity contribution in [2.75, 3.05) is 6.54 Å². The minimum Gasteiger partial charge on any atom is -0.387 e. The van der Waals surface area contributed by atoms with Crippen molar-refractivity contribution in [3.8, 4) is 39.1 Å². The first kappa shape index (κ1) is 25.4. The molecule has 0 saturated heterocycles. The van der Waals surface area contributed by atoms with Crippen molar-refractivity contribution in [2.45, 2.75) is 5.41 Å². The van der Waals surface area contributed by atoms with Crippen LogP contribution in [0.5, 0.6) is 0 Å². The zero-order chi connectivity index (χ0) is 30.2. The van der Waals surface area contributed by atoms with E-state index in [9.17, 15) is 0 Å². The molecule has 2 aliphatic carbocycles. The van der Waals surface area contributed by atoms with Gasteiger partial charge >= 0.3 is 0 Å². The van der Waals surface area contributed by atoms with Gasteiger partial charge in [-0.05, 0) is 98.2 Å². The Bertz CT molecular complexity index is 2360. The molecule has 0 fully saturated rings. The highest BCUT2D eigenvalue weighted by atomic mass is 15.1. The topological polar surface area (TPSA) is 29.9 Å². The average molecular weight is 588 g/mol. The third-order valence-corrected chi connectivity index (χ3v) is 10.1. The summed E-state index contributed by atoms with van der Waals surface area (Å²) in [6.45, 7) is 0.753. The summed E-state index contributed by atoms with van der Waals surface area (Å²) in [6.07, 6.45) is 6.18. The number of imidazole rings is 1. The molecule has 6 aromatic carbocycles. The molecular formula is C43H29N3. The standard InChI is InChI=1S/C43H29N3/c1-4-14-36-32(11-1)33-12-2-5-15-37(33)43(36)38-16-6-3-13-34(38)35-24-21-29(26-39(35)43)28-19-22-31(23-20-28)46-41-18-8-7-17-40(41)45-42(46)30-10-9-25-44-27-30/h1-26,44H,27H2. The molecule has 0 saturated carbocycles. The van der Waals surface area contributed by atoms with Gasteiger partial charge in [0.1, 0.15) is 5.82 Å². The second-order valence-corrected chi connectivity index (χ2v) is 12.4. The molecule has 216 valence electrons. The number of allylic oxidation sites excluding steroid dienone is 2. The number of rotatable bonds is 3. The van der Waals surface area contributed by atoms with Crippen molar-refractivity contribution < 1.29 is 0 Å². The Balaban J connectivity index is 1.14. The highest BCUT2D eigenvalue weighted by Gasteiger charge is 2.51. The van der Waals surface area contributed by atoms with Gasteiger partial charge in [0.25, 0.3) is 0 Å². The molecule has 3 aliphatic rings. The fourth-order valence-corrected chi connectivity index (χ4v) is 8.19. The third-order valence-electron chi connectivity index (χ3n) is 10.1. The lowest BCUT2D eigenvalue weighted by Crippen LogP contribution is -2.25. The molecule has 10 rings (SSSR count). The molecule has 46 heavy (non-hydrogen) atoms. The van der Waals surface area contributed by atoms with Crippen molar-refractivity contribution in [2.24, 2.45) is 0 Å².